The van der Waals surface area contributed by atoms with Gasteiger partial charge in [-0.3, -0.25) is 9.78 Å². The lowest BCUT2D eigenvalue weighted by Gasteiger charge is -2.07. The predicted molar refractivity (Wildman–Crippen MR) is 78.6 cm³/mol. The van der Waals surface area contributed by atoms with E-state index < -0.39 is 5.97 Å². The molecule has 0 unspecified atom stereocenters. The number of carbonyl (C=O) groups is 2. The molecule has 0 radical (unpaired) electrons. The van der Waals surface area contributed by atoms with Crippen LogP contribution in [-0.2, 0) is 0 Å². The first kappa shape index (κ1) is 13.0. The van der Waals surface area contributed by atoms with E-state index in [9.17, 15) is 14.7 Å². The lowest BCUT2D eigenvalue weighted by Crippen LogP contribution is -2.11. The fourth-order valence-corrected chi connectivity index (χ4v) is 2.30. The van der Waals surface area contributed by atoms with Crippen LogP contribution in [-0.4, -0.2) is 21.8 Å². The normalized spacial score (nSPS) is 10.5. The number of hydrogen-bond acceptors (Lipinski definition) is 3. The van der Waals surface area contributed by atoms with Crippen LogP contribution in [0.4, 0.5) is 0 Å². The number of ketones is 1. The van der Waals surface area contributed by atoms with Crippen LogP contribution < -0.4 is 0 Å². The summed E-state index contributed by atoms with van der Waals surface area (Å²) < 4.78 is 0. The number of carbonyl (C=O) groups excluding carboxylic acids is 1. The molecule has 3 aromatic rings. The molecular formula is C17H11NO3. The lowest BCUT2D eigenvalue weighted by atomic mass is 9.98. The van der Waals surface area contributed by atoms with Crippen molar-refractivity contribution in [3.63, 3.8) is 0 Å². The Morgan fingerprint density at radius 3 is 2.29 bits per heavy atom. The van der Waals surface area contributed by atoms with E-state index >= 15 is 0 Å². The van der Waals surface area contributed by atoms with Crippen LogP contribution in [0.15, 0.2) is 60.8 Å². The molecule has 0 saturated carbocycles. The molecule has 102 valence electrons. The van der Waals surface area contributed by atoms with Crippen molar-refractivity contribution in [2.75, 3.05) is 0 Å². The van der Waals surface area contributed by atoms with Crippen molar-refractivity contribution >= 4 is 22.5 Å². The summed E-state index contributed by atoms with van der Waals surface area (Å²) in [6.45, 7) is 0. The van der Waals surface area contributed by atoms with Crippen LogP contribution in [0.3, 0.4) is 0 Å². The molecule has 21 heavy (non-hydrogen) atoms. The third kappa shape index (κ3) is 2.27. The average molecular weight is 277 g/mol. The van der Waals surface area contributed by atoms with Crippen LogP contribution in [0, 0.1) is 0 Å². The van der Waals surface area contributed by atoms with Gasteiger partial charge in [0.25, 0.3) is 0 Å². The highest BCUT2D eigenvalue weighted by Crippen LogP contribution is 2.21. The molecule has 0 fully saturated rings. The van der Waals surface area contributed by atoms with E-state index in [-0.39, 0.29) is 22.6 Å². The minimum absolute atomic E-state index is 0.0164. The summed E-state index contributed by atoms with van der Waals surface area (Å²) in [5, 5.41) is 10.8. The van der Waals surface area contributed by atoms with E-state index in [1.54, 1.807) is 24.4 Å². The first-order chi connectivity index (χ1) is 10.2. The Labute approximate surface area is 120 Å². The Morgan fingerprint density at radius 1 is 0.857 bits per heavy atom. The number of carboxylic acid groups (broad SMARTS) is 1. The third-order valence-electron chi connectivity index (χ3n) is 3.29. The van der Waals surface area contributed by atoms with Crippen LogP contribution in [0.1, 0.15) is 26.4 Å². The van der Waals surface area contributed by atoms with E-state index in [0.29, 0.717) is 5.39 Å². The fourth-order valence-electron chi connectivity index (χ4n) is 2.30. The molecule has 2 aromatic carbocycles. The summed E-state index contributed by atoms with van der Waals surface area (Å²) >= 11 is 0. The van der Waals surface area contributed by atoms with Gasteiger partial charge in [-0.15, -0.1) is 0 Å². The largest absolute Gasteiger partial charge is 0.478 e. The molecule has 3 rings (SSSR count). The highest BCUT2D eigenvalue weighted by atomic mass is 16.4. The number of carboxylic acids is 1. The standard InChI is InChI=1S/C17H11NO3/c19-16(13-7-3-4-8-14(13)17(20)21)15-12-6-2-1-5-11(12)9-10-18-15/h1-10H,(H,20,21). The number of hydrogen-bond donors (Lipinski definition) is 1. The number of aromatic nitrogens is 1. The molecule has 0 aliphatic carbocycles. The molecule has 1 heterocycles. The van der Waals surface area contributed by atoms with Gasteiger partial charge in [-0.2, -0.15) is 0 Å². The summed E-state index contributed by atoms with van der Waals surface area (Å²) in [5.74, 6) is -1.51. The van der Waals surface area contributed by atoms with Crippen molar-refractivity contribution in [1.82, 2.24) is 4.98 Å². The lowest BCUT2D eigenvalue weighted by molar-refractivity contribution is 0.0692. The third-order valence-corrected chi connectivity index (χ3v) is 3.29. The quantitative estimate of drug-likeness (QED) is 0.747. The van der Waals surface area contributed by atoms with Crippen molar-refractivity contribution in [3.05, 3.63) is 77.6 Å². The molecule has 4 nitrogen and oxygen atoms in total. The maximum atomic E-state index is 12.7. The Morgan fingerprint density at radius 2 is 1.52 bits per heavy atom. The van der Waals surface area contributed by atoms with Gasteiger partial charge in [-0.25, -0.2) is 4.79 Å². The monoisotopic (exact) mass is 277 g/mol. The Bertz CT molecular complexity index is 850. The van der Waals surface area contributed by atoms with Crippen molar-refractivity contribution in [2.24, 2.45) is 0 Å². The number of fused-ring (bicyclic) bond motifs is 1. The summed E-state index contributed by atoms with van der Waals surface area (Å²) in [5.41, 5.74) is 0.396. The van der Waals surface area contributed by atoms with Gasteiger partial charge in [0.05, 0.1) is 5.56 Å². The minimum Gasteiger partial charge on any atom is -0.478 e. The fraction of sp³-hybridized carbons (Fsp3) is 0. The van der Waals surface area contributed by atoms with Crippen molar-refractivity contribution in [2.45, 2.75) is 0 Å². The summed E-state index contributed by atoms with van der Waals surface area (Å²) in [6, 6.07) is 15.4. The van der Waals surface area contributed by atoms with Gasteiger partial charge in [-0.05, 0) is 17.5 Å². The van der Waals surface area contributed by atoms with Crippen molar-refractivity contribution in [3.8, 4) is 0 Å². The van der Waals surface area contributed by atoms with Gasteiger partial charge in [0.1, 0.15) is 5.69 Å². The smallest absolute Gasteiger partial charge is 0.336 e. The first-order valence-electron chi connectivity index (χ1n) is 6.39. The van der Waals surface area contributed by atoms with Crippen LogP contribution in [0.2, 0.25) is 0 Å². The highest BCUT2D eigenvalue weighted by Gasteiger charge is 2.19. The molecule has 1 N–H and O–H groups in total. The molecule has 0 atom stereocenters. The average Bonchev–Trinajstić information content (AvgIpc) is 2.53. The van der Waals surface area contributed by atoms with E-state index in [1.165, 1.54) is 12.1 Å². The van der Waals surface area contributed by atoms with Crippen LogP contribution in [0.5, 0.6) is 0 Å². The maximum absolute atomic E-state index is 12.7. The van der Waals surface area contributed by atoms with Gasteiger partial charge in [0.2, 0.25) is 5.78 Å². The van der Waals surface area contributed by atoms with Crippen molar-refractivity contribution in [1.29, 1.82) is 0 Å². The van der Waals surface area contributed by atoms with Crippen LogP contribution in [0.25, 0.3) is 10.8 Å². The second kappa shape index (κ2) is 5.17. The second-order valence-corrected chi connectivity index (χ2v) is 4.56. The van der Waals surface area contributed by atoms with Gasteiger partial charge < -0.3 is 5.11 Å². The first-order valence-corrected chi connectivity index (χ1v) is 6.39. The molecule has 0 amide bonds. The van der Waals surface area contributed by atoms with E-state index in [0.717, 1.165) is 5.39 Å². The number of aromatic carboxylic acids is 1. The second-order valence-electron chi connectivity index (χ2n) is 4.56. The number of benzene rings is 2. The molecule has 0 spiro atoms. The van der Waals surface area contributed by atoms with E-state index in [1.807, 2.05) is 24.3 Å². The van der Waals surface area contributed by atoms with Gasteiger partial charge in [0.15, 0.2) is 0 Å². The highest BCUT2D eigenvalue weighted by molar-refractivity contribution is 6.18. The molecule has 0 saturated heterocycles. The number of pyridine rings is 1. The van der Waals surface area contributed by atoms with E-state index in [4.69, 9.17) is 0 Å². The summed E-state index contributed by atoms with van der Waals surface area (Å²) in [6.07, 6.45) is 1.55. The summed E-state index contributed by atoms with van der Waals surface area (Å²) in [4.78, 5) is 28.0. The maximum Gasteiger partial charge on any atom is 0.336 e. The predicted octanol–water partition coefficient (Wildman–Crippen LogP) is 3.16. The molecular weight excluding hydrogens is 266 g/mol. The SMILES string of the molecule is O=C(O)c1ccccc1C(=O)c1nccc2ccccc12. The minimum atomic E-state index is -1.13. The van der Waals surface area contributed by atoms with Crippen LogP contribution >= 0.6 is 0 Å². The molecule has 0 aliphatic heterocycles. The molecule has 0 bridgehead atoms. The number of rotatable bonds is 3. The van der Waals surface area contributed by atoms with Gasteiger partial charge >= 0.3 is 5.97 Å². The molecule has 0 aliphatic rings. The van der Waals surface area contributed by atoms with Crippen molar-refractivity contribution < 1.29 is 14.7 Å². The number of nitrogens with zero attached hydrogens (tertiary/aromatic N) is 1. The zero-order valence-electron chi connectivity index (χ0n) is 11.0. The van der Waals surface area contributed by atoms with Gasteiger partial charge in [0, 0.05) is 17.1 Å². The Balaban J connectivity index is 2.20. The Hall–Kier alpha value is -3.01. The molecule has 1 aromatic heterocycles. The summed E-state index contributed by atoms with van der Waals surface area (Å²) in [7, 11) is 0. The topological polar surface area (TPSA) is 67.3 Å². The molecule has 4 heteroatoms. The zero-order valence-corrected chi connectivity index (χ0v) is 11.0. The van der Waals surface area contributed by atoms with Gasteiger partial charge in [-0.1, -0.05) is 42.5 Å². The Kier molecular flexibility index (Phi) is 3.20. The zero-order chi connectivity index (χ0) is 14.8. The van der Waals surface area contributed by atoms with E-state index in [2.05, 4.69) is 4.98 Å².